The van der Waals surface area contributed by atoms with Crippen LogP contribution in [0.15, 0.2) is 18.3 Å². The molecular formula is C33H51Cl2N3O8. The van der Waals surface area contributed by atoms with Gasteiger partial charge in [0.1, 0.15) is 17.7 Å². The van der Waals surface area contributed by atoms with Gasteiger partial charge in [-0.1, -0.05) is 11.6 Å². The van der Waals surface area contributed by atoms with Crippen LogP contribution in [0.3, 0.4) is 0 Å². The highest BCUT2D eigenvalue weighted by Crippen LogP contribution is 2.47. The van der Waals surface area contributed by atoms with Gasteiger partial charge >= 0.3 is 0 Å². The highest BCUT2D eigenvalue weighted by molar-refractivity contribution is 6.34. The molecule has 1 unspecified atom stereocenters. The first-order valence-corrected chi connectivity index (χ1v) is 16.6. The molecule has 11 nitrogen and oxygen atoms in total. The lowest BCUT2D eigenvalue weighted by Crippen LogP contribution is -2.38. The summed E-state index contributed by atoms with van der Waals surface area (Å²) in [5.74, 6) is -0.812. The number of fused-ring (bicyclic) bond motifs is 3. The maximum Gasteiger partial charge on any atom is 0.242 e. The molecule has 2 saturated carbocycles. The molecule has 2 saturated heterocycles. The maximum atomic E-state index is 11.8. The Morgan fingerprint density at radius 3 is 2.09 bits per heavy atom. The van der Waals surface area contributed by atoms with Crippen LogP contribution in [0.5, 0.6) is 0 Å². The van der Waals surface area contributed by atoms with Gasteiger partial charge in [0.2, 0.25) is 5.28 Å². The number of carbonyl (C=O) groups is 1. The van der Waals surface area contributed by atoms with Crippen molar-refractivity contribution >= 4 is 34.5 Å². The van der Waals surface area contributed by atoms with Crippen LogP contribution in [-0.2, 0) is 33.2 Å². The van der Waals surface area contributed by atoms with Gasteiger partial charge in [-0.3, -0.25) is 4.79 Å². The Labute approximate surface area is 282 Å². The zero-order chi connectivity index (χ0) is 34.5. The molecule has 13 heteroatoms. The Bertz CT molecular complexity index is 1370. The number of aliphatic hydroxyl groups is 1. The minimum absolute atomic E-state index is 0.0719. The third-order valence-electron chi connectivity index (χ3n) is 8.04. The molecule has 2 aliphatic carbocycles. The number of Topliss-reactive ketones (excluding diaryl/α,β-unsaturated/α-hetero) is 1. The van der Waals surface area contributed by atoms with Crippen LogP contribution in [0.4, 0.5) is 0 Å². The van der Waals surface area contributed by atoms with E-state index in [1.165, 1.54) is 0 Å². The molecule has 260 valence electrons. The van der Waals surface area contributed by atoms with Gasteiger partial charge in [0.25, 0.3) is 0 Å². The molecule has 2 aromatic heterocycles. The van der Waals surface area contributed by atoms with Crippen molar-refractivity contribution in [1.82, 2.24) is 14.6 Å². The average molecular weight is 689 g/mol. The quantitative estimate of drug-likeness (QED) is 0.407. The van der Waals surface area contributed by atoms with E-state index in [0.29, 0.717) is 31.2 Å². The number of carbonyl (C=O) groups excluding carboxylic acids is 1. The van der Waals surface area contributed by atoms with Crippen LogP contribution in [0.25, 0.3) is 5.52 Å². The van der Waals surface area contributed by atoms with Crippen molar-refractivity contribution in [3.8, 4) is 0 Å². The SMILES string of the molecule is CC(C)(C)OC[C@H]1CC(=O)[C@@H]2OC(C)(C)O[C@H]12.CC(C)(C)OC[C@H]1CC(C)(O)[C@@H]2OC(C)(C)O[C@H]12.Clc1nc(Cl)c2cccn2n1. The zero-order valence-electron chi connectivity index (χ0n) is 28.9. The molecule has 4 fully saturated rings. The Kier molecular flexibility index (Phi) is 11.0. The van der Waals surface area contributed by atoms with Crippen LogP contribution in [0.1, 0.15) is 89.0 Å². The van der Waals surface area contributed by atoms with Gasteiger partial charge in [-0.25, -0.2) is 9.50 Å². The number of aromatic nitrogens is 3. The molecule has 0 radical (unpaired) electrons. The van der Waals surface area contributed by atoms with Crippen molar-refractivity contribution < 1.29 is 38.3 Å². The summed E-state index contributed by atoms with van der Waals surface area (Å²) in [5.41, 5.74) is -0.421. The monoisotopic (exact) mass is 687 g/mol. The number of rotatable bonds is 4. The summed E-state index contributed by atoms with van der Waals surface area (Å²) in [4.78, 5) is 15.6. The van der Waals surface area contributed by atoms with Gasteiger partial charge in [-0.2, -0.15) is 0 Å². The molecule has 2 aliphatic heterocycles. The van der Waals surface area contributed by atoms with Crippen molar-refractivity contribution in [2.75, 3.05) is 13.2 Å². The summed E-state index contributed by atoms with van der Waals surface area (Å²) < 4.78 is 36.3. The van der Waals surface area contributed by atoms with Crippen LogP contribution in [0, 0.1) is 11.8 Å². The summed E-state index contributed by atoms with van der Waals surface area (Å²) in [6, 6.07) is 3.64. The Morgan fingerprint density at radius 2 is 1.48 bits per heavy atom. The molecule has 0 bridgehead atoms. The number of hydrogen-bond acceptors (Lipinski definition) is 10. The molecule has 1 N–H and O–H groups in total. The Hall–Kier alpha value is -1.41. The first kappa shape index (κ1) is 37.4. The van der Waals surface area contributed by atoms with Crippen molar-refractivity contribution in [2.24, 2.45) is 11.8 Å². The summed E-state index contributed by atoms with van der Waals surface area (Å²) in [5, 5.41) is 14.8. The maximum absolute atomic E-state index is 11.8. The van der Waals surface area contributed by atoms with Crippen molar-refractivity contribution in [3.63, 3.8) is 0 Å². The van der Waals surface area contributed by atoms with Crippen molar-refractivity contribution in [1.29, 1.82) is 0 Å². The Morgan fingerprint density at radius 1 is 0.913 bits per heavy atom. The third kappa shape index (κ3) is 9.60. The first-order valence-electron chi connectivity index (χ1n) is 15.9. The van der Waals surface area contributed by atoms with E-state index in [1.54, 1.807) is 10.7 Å². The van der Waals surface area contributed by atoms with Crippen molar-refractivity contribution in [2.45, 2.75) is 142 Å². The number of hydrogen-bond donors (Lipinski definition) is 1. The van der Waals surface area contributed by atoms with E-state index in [2.05, 4.69) is 10.1 Å². The van der Waals surface area contributed by atoms with Crippen LogP contribution in [-0.4, -0.2) is 91.5 Å². The summed E-state index contributed by atoms with van der Waals surface area (Å²) in [6.07, 6.45) is 2.07. The van der Waals surface area contributed by atoms with Crippen LogP contribution < -0.4 is 0 Å². The standard InChI is InChI=1S/C14H26O4.C13H22O4.C6H3Cl2N3/c1-12(2,3)16-8-9-7-14(6,15)11-10(9)17-13(4,5)18-11;1-12(2,3)15-7-8-6-9(14)11-10(8)16-13(4,5)17-11;7-5-4-2-1-3-11(4)10-6(8)9-5/h9-11,15H,7-8H2,1-6H3;8,10-11H,6-7H2,1-5H3;1-3H/t9-,10-,11-,14?;8-,10-,11+;/m11./s1. The molecule has 0 aromatic carbocycles. The van der Waals surface area contributed by atoms with Crippen LogP contribution in [0.2, 0.25) is 10.4 Å². The highest BCUT2D eigenvalue weighted by atomic mass is 35.5. The lowest BCUT2D eigenvalue weighted by molar-refractivity contribution is -0.183. The number of ketones is 1. The molecule has 7 atom stereocenters. The van der Waals surface area contributed by atoms with Gasteiger partial charge in [-0.15, -0.1) is 5.10 Å². The summed E-state index contributed by atoms with van der Waals surface area (Å²) in [7, 11) is 0. The molecular weight excluding hydrogens is 637 g/mol. The van der Waals surface area contributed by atoms with E-state index >= 15 is 0 Å². The average Bonchev–Trinajstić information content (AvgIpc) is 3.66. The summed E-state index contributed by atoms with van der Waals surface area (Å²) in [6.45, 7) is 22.6. The normalized spacial score (nSPS) is 32.9. The van der Waals surface area contributed by atoms with Crippen molar-refractivity contribution in [3.05, 3.63) is 28.8 Å². The van der Waals surface area contributed by atoms with Gasteiger partial charge < -0.3 is 33.5 Å². The van der Waals surface area contributed by atoms with E-state index in [0.717, 1.165) is 5.52 Å². The second-order valence-electron chi connectivity index (χ2n) is 15.6. The first-order chi connectivity index (χ1) is 21.0. The van der Waals surface area contributed by atoms with E-state index in [-0.39, 0.29) is 52.4 Å². The van der Waals surface area contributed by atoms with E-state index in [9.17, 15) is 9.90 Å². The zero-order valence-corrected chi connectivity index (χ0v) is 30.4. The molecule has 0 spiro atoms. The lowest BCUT2D eigenvalue weighted by atomic mass is 10.0. The highest BCUT2D eigenvalue weighted by Gasteiger charge is 2.59. The molecule has 4 heterocycles. The van der Waals surface area contributed by atoms with Crippen LogP contribution >= 0.6 is 23.2 Å². The van der Waals surface area contributed by atoms with E-state index in [4.69, 9.17) is 51.6 Å². The molecule has 0 amide bonds. The largest absolute Gasteiger partial charge is 0.387 e. The number of ether oxygens (including phenoxy) is 6. The van der Waals surface area contributed by atoms with Gasteiger partial charge in [0.05, 0.1) is 42.2 Å². The van der Waals surface area contributed by atoms with Gasteiger partial charge in [0, 0.05) is 24.5 Å². The van der Waals surface area contributed by atoms with Gasteiger partial charge in [0.15, 0.2) is 22.5 Å². The molecule has 2 aromatic rings. The topological polar surface area (TPSA) is 123 Å². The molecule has 4 aliphatic rings. The fourth-order valence-corrected chi connectivity index (χ4v) is 6.58. The van der Waals surface area contributed by atoms with E-state index in [1.807, 2.05) is 88.3 Å². The second-order valence-corrected chi connectivity index (χ2v) is 16.3. The molecule has 46 heavy (non-hydrogen) atoms. The minimum Gasteiger partial charge on any atom is -0.387 e. The summed E-state index contributed by atoms with van der Waals surface area (Å²) >= 11 is 11.3. The predicted octanol–water partition coefficient (Wildman–Crippen LogP) is 6.04. The number of halogens is 2. The van der Waals surface area contributed by atoms with E-state index < -0.39 is 23.3 Å². The molecule has 6 rings (SSSR count). The lowest BCUT2D eigenvalue weighted by Gasteiger charge is -2.28. The fourth-order valence-electron chi connectivity index (χ4n) is 6.14. The fraction of sp³-hybridized carbons (Fsp3) is 0.788. The third-order valence-corrected chi connectivity index (χ3v) is 8.48. The van der Waals surface area contributed by atoms with Gasteiger partial charge in [-0.05, 0) is 106 Å². The smallest absolute Gasteiger partial charge is 0.242 e. The minimum atomic E-state index is -0.829. The number of nitrogens with zero attached hydrogens (tertiary/aromatic N) is 3. The predicted molar refractivity (Wildman–Crippen MR) is 174 cm³/mol. The second kappa shape index (κ2) is 13.5. The Balaban J connectivity index is 0.000000161.